The van der Waals surface area contributed by atoms with Gasteiger partial charge in [0, 0.05) is 12.6 Å². The Morgan fingerprint density at radius 2 is 1.90 bits per heavy atom. The maximum atomic E-state index is 9.01. The Hall–Kier alpha value is -0.0800. The van der Waals surface area contributed by atoms with E-state index in [1.807, 2.05) is 13.8 Å². The molecule has 0 aliphatic carbocycles. The smallest absolute Gasteiger partial charge is 0.0322 e. The minimum Gasteiger partial charge on any atom is -0.314 e. The molecule has 0 aromatic carbocycles. The van der Waals surface area contributed by atoms with Gasteiger partial charge in [0.05, 0.1) is 0 Å². The Labute approximate surface area is 63.8 Å². The molecule has 1 N–H and O–H groups in total. The number of hydrogen-bond acceptors (Lipinski definition) is 2. The van der Waals surface area contributed by atoms with Gasteiger partial charge in [-0.15, -0.1) is 0 Å². The Balaban J connectivity index is 0.000000371. The van der Waals surface area contributed by atoms with Gasteiger partial charge in [-0.1, -0.05) is 20.3 Å². The second-order valence-electron chi connectivity index (χ2n) is 2.51. The van der Waals surface area contributed by atoms with Crippen LogP contribution in [0.5, 0.6) is 0 Å². The quantitative estimate of drug-likeness (QED) is 0.565. The first-order valence-electron chi connectivity index (χ1n) is 4.26. The lowest BCUT2D eigenvalue weighted by Gasteiger charge is -2.26. The molecular formula is C8H19NO. The number of hydrogen-bond donors (Lipinski definition) is 1. The molecule has 62 valence electrons. The van der Waals surface area contributed by atoms with Gasteiger partial charge < -0.3 is 5.21 Å². The lowest BCUT2D eigenvalue weighted by atomic mass is 10.1. The van der Waals surface area contributed by atoms with Crippen molar-refractivity contribution in [3.63, 3.8) is 0 Å². The molecule has 0 radical (unpaired) electrons. The first-order valence-corrected chi connectivity index (χ1v) is 4.26. The maximum absolute atomic E-state index is 9.01. The number of hydroxylamine groups is 2. The summed E-state index contributed by atoms with van der Waals surface area (Å²) in [7, 11) is 0. The fourth-order valence-electron chi connectivity index (χ4n) is 1.08. The van der Waals surface area contributed by atoms with Gasteiger partial charge in [-0.3, -0.25) is 0 Å². The molecule has 0 bridgehead atoms. The van der Waals surface area contributed by atoms with Gasteiger partial charge in [-0.25, -0.2) is 0 Å². The van der Waals surface area contributed by atoms with Crippen LogP contribution in [0.1, 0.15) is 40.0 Å². The second-order valence-corrected chi connectivity index (χ2v) is 2.51. The Bertz CT molecular complexity index is 65.7. The molecule has 1 saturated heterocycles. The SMILES string of the molecule is CC.CC1CCCCN1O. The van der Waals surface area contributed by atoms with E-state index in [0.29, 0.717) is 6.04 Å². The summed E-state index contributed by atoms with van der Waals surface area (Å²) in [4.78, 5) is 0. The van der Waals surface area contributed by atoms with Crippen LogP contribution in [0.3, 0.4) is 0 Å². The van der Waals surface area contributed by atoms with E-state index in [-0.39, 0.29) is 0 Å². The molecule has 1 unspecified atom stereocenters. The highest BCUT2D eigenvalue weighted by Crippen LogP contribution is 2.12. The van der Waals surface area contributed by atoms with Gasteiger partial charge >= 0.3 is 0 Å². The summed E-state index contributed by atoms with van der Waals surface area (Å²) >= 11 is 0. The second kappa shape index (κ2) is 5.69. The lowest BCUT2D eigenvalue weighted by molar-refractivity contribution is -0.136. The van der Waals surface area contributed by atoms with Crippen molar-refractivity contribution in [1.82, 2.24) is 5.06 Å². The fourth-order valence-corrected chi connectivity index (χ4v) is 1.08. The molecule has 0 spiro atoms. The van der Waals surface area contributed by atoms with Gasteiger partial charge in [-0.2, -0.15) is 5.06 Å². The molecule has 1 rings (SSSR count). The molecule has 1 heterocycles. The molecule has 1 aliphatic heterocycles. The van der Waals surface area contributed by atoms with E-state index < -0.39 is 0 Å². The van der Waals surface area contributed by atoms with Crippen molar-refractivity contribution < 1.29 is 5.21 Å². The third-order valence-electron chi connectivity index (χ3n) is 1.77. The highest BCUT2D eigenvalue weighted by atomic mass is 16.5. The molecule has 10 heavy (non-hydrogen) atoms. The molecule has 0 saturated carbocycles. The van der Waals surface area contributed by atoms with Gasteiger partial charge in [0.1, 0.15) is 0 Å². The van der Waals surface area contributed by atoms with Crippen LogP contribution in [-0.2, 0) is 0 Å². The maximum Gasteiger partial charge on any atom is 0.0322 e. The minimum atomic E-state index is 0.392. The average molecular weight is 145 g/mol. The van der Waals surface area contributed by atoms with E-state index in [1.165, 1.54) is 11.5 Å². The van der Waals surface area contributed by atoms with Crippen molar-refractivity contribution in [3.05, 3.63) is 0 Å². The Kier molecular flexibility index (Phi) is 5.64. The third-order valence-corrected chi connectivity index (χ3v) is 1.77. The highest BCUT2D eigenvalue weighted by Gasteiger charge is 2.14. The summed E-state index contributed by atoms with van der Waals surface area (Å²) in [5, 5.41) is 10.4. The summed E-state index contributed by atoms with van der Waals surface area (Å²) in [5.41, 5.74) is 0. The van der Waals surface area contributed by atoms with E-state index in [2.05, 4.69) is 6.92 Å². The first kappa shape index (κ1) is 9.92. The first-order chi connectivity index (χ1) is 4.80. The minimum absolute atomic E-state index is 0.392. The number of nitrogens with zero attached hydrogens (tertiary/aromatic N) is 1. The largest absolute Gasteiger partial charge is 0.314 e. The zero-order valence-electron chi connectivity index (χ0n) is 7.30. The lowest BCUT2D eigenvalue weighted by Crippen LogP contribution is -2.34. The standard InChI is InChI=1S/C6H13NO.C2H6/c1-6-4-2-3-5-7(6)8;1-2/h6,8H,2-5H2,1H3;1-2H3. The van der Waals surface area contributed by atoms with Crippen molar-refractivity contribution in [1.29, 1.82) is 0 Å². The fraction of sp³-hybridized carbons (Fsp3) is 1.00. The van der Waals surface area contributed by atoms with Crippen LogP contribution in [0.2, 0.25) is 0 Å². The van der Waals surface area contributed by atoms with E-state index >= 15 is 0 Å². The molecular weight excluding hydrogens is 126 g/mol. The predicted molar refractivity (Wildman–Crippen MR) is 43.2 cm³/mol. The van der Waals surface area contributed by atoms with Crippen molar-refractivity contribution >= 4 is 0 Å². The Morgan fingerprint density at radius 3 is 2.20 bits per heavy atom. The average Bonchev–Trinajstić information content (AvgIpc) is 2.00. The van der Waals surface area contributed by atoms with Crippen LogP contribution in [0.25, 0.3) is 0 Å². The molecule has 1 fully saturated rings. The number of rotatable bonds is 0. The zero-order valence-corrected chi connectivity index (χ0v) is 7.30. The van der Waals surface area contributed by atoms with Crippen molar-refractivity contribution in [2.24, 2.45) is 0 Å². The summed E-state index contributed by atoms with van der Waals surface area (Å²) in [6.45, 7) is 6.92. The van der Waals surface area contributed by atoms with E-state index in [1.54, 1.807) is 0 Å². The van der Waals surface area contributed by atoms with E-state index in [4.69, 9.17) is 5.21 Å². The topological polar surface area (TPSA) is 23.5 Å². The summed E-state index contributed by atoms with van der Waals surface area (Å²) in [5.74, 6) is 0. The third kappa shape index (κ3) is 3.18. The monoisotopic (exact) mass is 145 g/mol. The Morgan fingerprint density at radius 1 is 1.30 bits per heavy atom. The normalized spacial score (nSPS) is 27.0. The molecule has 2 nitrogen and oxygen atoms in total. The predicted octanol–water partition coefficient (Wildman–Crippen LogP) is 2.28. The molecule has 2 heteroatoms. The molecule has 1 aliphatic rings. The molecule has 1 atom stereocenters. The number of piperidine rings is 1. The van der Waals surface area contributed by atoms with Crippen LogP contribution in [-0.4, -0.2) is 22.9 Å². The summed E-state index contributed by atoms with van der Waals surface area (Å²) in [6.07, 6.45) is 3.58. The zero-order chi connectivity index (χ0) is 7.98. The highest BCUT2D eigenvalue weighted by molar-refractivity contribution is 4.64. The van der Waals surface area contributed by atoms with Crippen LogP contribution >= 0.6 is 0 Å². The summed E-state index contributed by atoms with van der Waals surface area (Å²) in [6, 6.07) is 0.392. The van der Waals surface area contributed by atoms with Crippen molar-refractivity contribution in [2.45, 2.75) is 46.1 Å². The van der Waals surface area contributed by atoms with Crippen LogP contribution < -0.4 is 0 Å². The molecule has 0 aromatic heterocycles. The molecule has 0 aromatic rings. The van der Waals surface area contributed by atoms with Gasteiger partial charge in [0.15, 0.2) is 0 Å². The molecule has 0 amide bonds. The van der Waals surface area contributed by atoms with Gasteiger partial charge in [0.2, 0.25) is 0 Å². The van der Waals surface area contributed by atoms with Gasteiger partial charge in [-0.05, 0) is 19.8 Å². The van der Waals surface area contributed by atoms with Crippen LogP contribution in [0.4, 0.5) is 0 Å². The van der Waals surface area contributed by atoms with E-state index in [0.717, 1.165) is 19.4 Å². The van der Waals surface area contributed by atoms with E-state index in [9.17, 15) is 0 Å². The van der Waals surface area contributed by atoms with Crippen molar-refractivity contribution in [2.75, 3.05) is 6.54 Å². The van der Waals surface area contributed by atoms with Crippen molar-refractivity contribution in [3.8, 4) is 0 Å². The van der Waals surface area contributed by atoms with Gasteiger partial charge in [0.25, 0.3) is 0 Å². The van der Waals surface area contributed by atoms with Crippen LogP contribution in [0, 0.1) is 0 Å². The van der Waals surface area contributed by atoms with Crippen LogP contribution in [0.15, 0.2) is 0 Å². The summed E-state index contributed by atoms with van der Waals surface area (Å²) < 4.78 is 0.